The molecule has 47 heavy (non-hydrogen) atoms. The van der Waals surface area contributed by atoms with E-state index < -0.39 is 0 Å². The molecule has 0 radical (unpaired) electrons. The van der Waals surface area contributed by atoms with Crippen LogP contribution in [-0.2, 0) is 0 Å². The maximum atomic E-state index is 10.8. The van der Waals surface area contributed by atoms with Crippen LogP contribution < -0.4 is 0 Å². The van der Waals surface area contributed by atoms with Gasteiger partial charge < -0.3 is 9.13 Å². The molecule has 0 saturated carbocycles. The van der Waals surface area contributed by atoms with Crippen molar-refractivity contribution < 1.29 is 0 Å². The van der Waals surface area contributed by atoms with Crippen molar-refractivity contribution in [2.24, 2.45) is 0 Å². The van der Waals surface area contributed by atoms with Crippen LogP contribution in [0.1, 0.15) is 11.1 Å². The van der Waals surface area contributed by atoms with E-state index in [2.05, 4.69) is 130 Å². The third kappa shape index (κ3) is 3.44. The minimum Gasteiger partial charge on any atom is -0.308 e. The number of benzene rings is 7. The zero-order valence-electron chi connectivity index (χ0n) is 24.9. The van der Waals surface area contributed by atoms with Gasteiger partial charge >= 0.3 is 0 Å². The molecule has 0 aliphatic heterocycles. The molecule has 0 N–H and O–H groups in total. The highest BCUT2D eigenvalue weighted by Crippen LogP contribution is 2.44. The lowest BCUT2D eigenvalue weighted by Crippen LogP contribution is -2.04. The Morgan fingerprint density at radius 2 is 1.06 bits per heavy atom. The molecule has 0 spiro atoms. The van der Waals surface area contributed by atoms with Crippen LogP contribution >= 0.6 is 11.3 Å². The first kappa shape index (κ1) is 25.9. The molecule has 0 fully saturated rings. The SMILES string of the molecule is N#Cc1cc(-n2c3ccccc3c3ccc4sc5ccccc5c4c32)c(C#N)cc1-n1c2ccccc2c2c3ccccc3ccc21. The molecule has 7 aromatic carbocycles. The Morgan fingerprint density at radius 1 is 0.447 bits per heavy atom. The minimum atomic E-state index is 0.503. The molecule has 4 nitrogen and oxygen atoms in total. The van der Waals surface area contributed by atoms with E-state index in [1.165, 1.54) is 20.2 Å². The number of nitriles is 2. The third-order valence-electron chi connectivity index (χ3n) is 9.57. The standard InChI is InChI=1S/C42H22N4S/c43-23-26-22-37(46-33-14-6-3-11-29(33)30-18-20-39-41(42(30)46)32-13-5-8-16-38(32)47-39)27(24-44)21-36(26)45-34-15-7-4-12-31(34)40-28-10-2-1-9-25(28)17-19-35(40)45/h1-22H. The molecule has 0 atom stereocenters. The van der Waals surface area contributed by atoms with Gasteiger partial charge in [-0.05, 0) is 53.2 Å². The molecule has 0 unspecified atom stereocenters. The second-order valence-electron chi connectivity index (χ2n) is 11.9. The van der Waals surface area contributed by atoms with Crippen molar-refractivity contribution in [3.05, 3.63) is 145 Å². The van der Waals surface area contributed by atoms with Gasteiger partial charge in [0.1, 0.15) is 12.1 Å². The molecule has 10 rings (SSSR count). The van der Waals surface area contributed by atoms with E-state index in [4.69, 9.17) is 0 Å². The summed E-state index contributed by atoms with van der Waals surface area (Å²) in [7, 11) is 0. The molecule has 3 heterocycles. The first-order valence-electron chi connectivity index (χ1n) is 15.5. The lowest BCUT2D eigenvalue weighted by atomic mass is 10.0. The largest absolute Gasteiger partial charge is 0.308 e. The van der Waals surface area contributed by atoms with E-state index in [0.29, 0.717) is 22.5 Å². The Bertz CT molecular complexity index is 3050. The van der Waals surface area contributed by atoms with E-state index >= 15 is 0 Å². The quantitative estimate of drug-likeness (QED) is 0.194. The second kappa shape index (κ2) is 9.55. The molecular weight excluding hydrogens is 593 g/mol. The van der Waals surface area contributed by atoms with Crippen LogP contribution in [-0.4, -0.2) is 9.13 Å². The molecule has 216 valence electrons. The van der Waals surface area contributed by atoms with Crippen LogP contribution in [0, 0.1) is 22.7 Å². The predicted molar refractivity (Wildman–Crippen MR) is 195 cm³/mol. The maximum absolute atomic E-state index is 10.8. The summed E-state index contributed by atoms with van der Waals surface area (Å²) < 4.78 is 6.76. The summed E-state index contributed by atoms with van der Waals surface area (Å²) >= 11 is 1.78. The van der Waals surface area contributed by atoms with Gasteiger partial charge in [-0.2, -0.15) is 10.5 Å². The van der Waals surface area contributed by atoms with Crippen molar-refractivity contribution in [1.82, 2.24) is 9.13 Å². The number of hydrogen-bond donors (Lipinski definition) is 0. The summed E-state index contributed by atoms with van der Waals surface area (Å²) in [5, 5.41) is 30.7. The van der Waals surface area contributed by atoms with Crippen LogP contribution in [0.25, 0.3) is 85.9 Å². The number of nitrogens with zero attached hydrogens (tertiary/aromatic N) is 4. The molecule has 0 amide bonds. The molecule has 0 aliphatic carbocycles. The summed E-state index contributed by atoms with van der Waals surface area (Å²) in [5.74, 6) is 0. The first-order valence-corrected chi connectivity index (χ1v) is 16.3. The number of thiophene rings is 1. The third-order valence-corrected chi connectivity index (χ3v) is 10.7. The Labute approximate surface area is 272 Å². The fraction of sp³-hybridized carbons (Fsp3) is 0. The summed E-state index contributed by atoms with van der Waals surface area (Å²) in [5.41, 5.74) is 6.46. The molecule has 5 heteroatoms. The van der Waals surface area contributed by atoms with Gasteiger partial charge in [0.05, 0.1) is 44.6 Å². The number of hydrogen-bond acceptors (Lipinski definition) is 3. The van der Waals surface area contributed by atoms with E-state index in [9.17, 15) is 10.5 Å². The zero-order chi connectivity index (χ0) is 31.2. The van der Waals surface area contributed by atoms with E-state index in [0.717, 1.165) is 54.4 Å². The lowest BCUT2D eigenvalue weighted by molar-refractivity contribution is 1.13. The van der Waals surface area contributed by atoms with Crippen molar-refractivity contribution in [2.45, 2.75) is 0 Å². The highest BCUT2D eigenvalue weighted by atomic mass is 32.1. The van der Waals surface area contributed by atoms with Crippen LogP contribution in [0.3, 0.4) is 0 Å². The number of rotatable bonds is 2. The number of fused-ring (bicyclic) bond motifs is 12. The highest BCUT2D eigenvalue weighted by Gasteiger charge is 2.23. The van der Waals surface area contributed by atoms with Crippen molar-refractivity contribution in [3.63, 3.8) is 0 Å². The fourth-order valence-electron chi connectivity index (χ4n) is 7.64. The van der Waals surface area contributed by atoms with Crippen molar-refractivity contribution >= 4 is 85.9 Å². The molecule has 0 bridgehead atoms. The van der Waals surface area contributed by atoms with E-state index in [-0.39, 0.29) is 0 Å². The molecule has 10 aromatic rings. The second-order valence-corrected chi connectivity index (χ2v) is 13.0. The molecule has 0 saturated heterocycles. The minimum absolute atomic E-state index is 0.503. The topological polar surface area (TPSA) is 57.4 Å². The average Bonchev–Trinajstić information content (AvgIpc) is 3.78. The normalized spacial score (nSPS) is 11.8. The first-order chi connectivity index (χ1) is 23.2. The predicted octanol–water partition coefficient (Wildman–Crippen LogP) is 11.1. The molecule has 3 aromatic heterocycles. The van der Waals surface area contributed by atoms with Crippen molar-refractivity contribution in [3.8, 4) is 23.5 Å². The summed E-state index contributed by atoms with van der Waals surface area (Å²) in [6.07, 6.45) is 0. The number of aromatic nitrogens is 2. The molecule has 0 aliphatic rings. The highest BCUT2D eigenvalue weighted by molar-refractivity contribution is 7.26. The van der Waals surface area contributed by atoms with Gasteiger partial charge in [-0.3, -0.25) is 0 Å². The number of para-hydroxylation sites is 2. The molecular formula is C42H22N4S. The summed E-state index contributed by atoms with van der Waals surface area (Å²) in [6, 6.07) is 51.1. The average molecular weight is 615 g/mol. The smallest absolute Gasteiger partial charge is 0.101 e. The Kier molecular flexibility index (Phi) is 5.26. The Hall–Kier alpha value is -6.40. The monoisotopic (exact) mass is 614 g/mol. The Balaban J connectivity index is 1.35. The van der Waals surface area contributed by atoms with Gasteiger partial charge in [0.2, 0.25) is 0 Å². The lowest BCUT2D eigenvalue weighted by Gasteiger charge is -2.16. The maximum Gasteiger partial charge on any atom is 0.101 e. The van der Waals surface area contributed by atoms with Crippen molar-refractivity contribution in [2.75, 3.05) is 0 Å². The van der Waals surface area contributed by atoms with Crippen LogP contribution in [0.4, 0.5) is 0 Å². The van der Waals surface area contributed by atoms with Gasteiger partial charge in [-0.1, -0.05) is 91.0 Å². The zero-order valence-corrected chi connectivity index (χ0v) is 25.7. The van der Waals surface area contributed by atoms with Gasteiger partial charge in [-0.15, -0.1) is 11.3 Å². The summed E-state index contributed by atoms with van der Waals surface area (Å²) in [4.78, 5) is 0. The van der Waals surface area contributed by atoms with Gasteiger partial charge in [0.25, 0.3) is 0 Å². The van der Waals surface area contributed by atoms with Crippen molar-refractivity contribution in [1.29, 1.82) is 10.5 Å². The van der Waals surface area contributed by atoms with Crippen LogP contribution in [0.2, 0.25) is 0 Å². The van der Waals surface area contributed by atoms with E-state index in [1.54, 1.807) is 11.3 Å². The van der Waals surface area contributed by atoms with Crippen LogP contribution in [0.15, 0.2) is 133 Å². The van der Waals surface area contributed by atoms with E-state index in [1.807, 2.05) is 24.3 Å². The van der Waals surface area contributed by atoms with Gasteiger partial charge in [0, 0.05) is 41.7 Å². The van der Waals surface area contributed by atoms with Crippen LogP contribution in [0.5, 0.6) is 0 Å². The summed E-state index contributed by atoms with van der Waals surface area (Å²) in [6.45, 7) is 0. The Morgan fingerprint density at radius 3 is 1.83 bits per heavy atom. The fourth-order valence-corrected chi connectivity index (χ4v) is 8.75. The van der Waals surface area contributed by atoms with Gasteiger partial charge in [0.15, 0.2) is 0 Å². The van der Waals surface area contributed by atoms with Gasteiger partial charge in [-0.25, -0.2) is 0 Å².